The van der Waals surface area contributed by atoms with Gasteiger partial charge < -0.3 is 10.5 Å². The number of hydrogen-bond donors (Lipinski definition) is 1. The van der Waals surface area contributed by atoms with Gasteiger partial charge in [0.25, 0.3) is 0 Å². The predicted octanol–water partition coefficient (Wildman–Crippen LogP) is 1.68. The molecule has 1 aliphatic heterocycles. The molecule has 12 heavy (non-hydrogen) atoms. The Bertz CT molecular complexity index is 163. The summed E-state index contributed by atoms with van der Waals surface area (Å²) in [5.74, 6) is 0.707. The summed E-state index contributed by atoms with van der Waals surface area (Å²) < 4.78 is 5.83. The van der Waals surface area contributed by atoms with E-state index in [-0.39, 0.29) is 5.60 Å². The average Bonchev–Trinajstić information content (AvgIpc) is 2.02. The first-order chi connectivity index (χ1) is 5.72. The Morgan fingerprint density at radius 1 is 1.50 bits per heavy atom. The first-order valence-corrected chi connectivity index (χ1v) is 5.11. The van der Waals surface area contributed by atoms with E-state index in [2.05, 4.69) is 6.92 Å². The molecule has 0 radical (unpaired) electrons. The minimum Gasteiger partial charge on any atom is -0.375 e. The van der Waals surface area contributed by atoms with E-state index in [1.54, 1.807) is 0 Å². The average molecular weight is 169 g/mol. The third-order valence-electron chi connectivity index (χ3n) is 3.54. The lowest BCUT2D eigenvalue weighted by Crippen LogP contribution is -2.48. The third kappa shape index (κ3) is 1.38. The third-order valence-corrected chi connectivity index (χ3v) is 3.54. The lowest BCUT2D eigenvalue weighted by Gasteiger charge is -2.48. The first kappa shape index (κ1) is 8.52. The van der Waals surface area contributed by atoms with E-state index in [1.807, 2.05) is 0 Å². The fourth-order valence-electron chi connectivity index (χ4n) is 2.43. The molecule has 1 heterocycles. The van der Waals surface area contributed by atoms with Crippen molar-refractivity contribution in [2.45, 2.75) is 50.7 Å². The highest BCUT2D eigenvalue weighted by atomic mass is 16.5. The summed E-state index contributed by atoms with van der Waals surface area (Å²) in [4.78, 5) is 0. The van der Waals surface area contributed by atoms with Gasteiger partial charge in [0.1, 0.15) is 0 Å². The van der Waals surface area contributed by atoms with Crippen LogP contribution in [0.5, 0.6) is 0 Å². The highest BCUT2D eigenvalue weighted by molar-refractivity contribution is 4.95. The van der Waals surface area contributed by atoms with Gasteiger partial charge in [0.2, 0.25) is 0 Å². The maximum atomic E-state index is 5.91. The Morgan fingerprint density at radius 2 is 2.25 bits per heavy atom. The van der Waals surface area contributed by atoms with Crippen LogP contribution in [0.4, 0.5) is 0 Å². The molecule has 2 heteroatoms. The SMILES string of the molecule is CC(N)C1CCOC2(CCC2)C1. The van der Waals surface area contributed by atoms with Crippen LogP contribution in [0.2, 0.25) is 0 Å². The van der Waals surface area contributed by atoms with E-state index in [0.717, 1.165) is 6.61 Å². The fourth-order valence-corrected chi connectivity index (χ4v) is 2.43. The molecule has 0 aromatic rings. The summed E-state index contributed by atoms with van der Waals surface area (Å²) in [5, 5.41) is 0. The van der Waals surface area contributed by atoms with Crippen LogP contribution in [0.15, 0.2) is 0 Å². The van der Waals surface area contributed by atoms with Crippen molar-refractivity contribution >= 4 is 0 Å². The zero-order valence-electron chi connectivity index (χ0n) is 7.88. The normalized spacial score (nSPS) is 36.0. The Balaban J connectivity index is 1.94. The second-order valence-corrected chi connectivity index (χ2v) is 4.50. The summed E-state index contributed by atoms with van der Waals surface area (Å²) >= 11 is 0. The number of rotatable bonds is 1. The van der Waals surface area contributed by atoms with Gasteiger partial charge in [-0.3, -0.25) is 0 Å². The molecule has 0 amide bonds. The van der Waals surface area contributed by atoms with Crippen LogP contribution in [0, 0.1) is 5.92 Å². The zero-order valence-corrected chi connectivity index (χ0v) is 7.88. The Labute approximate surface area is 74.5 Å². The van der Waals surface area contributed by atoms with E-state index >= 15 is 0 Å². The number of hydrogen-bond acceptors (Lipinski definition) is 2. The van der Waals surface area contributed by atoms with Crippen LogP contribution in [0.1, 0.15) is 39.0 Å². The molecule has 0 bridgehead atoms. The molecule has 70 valence electrons. The van der Waals surface area contributed by atoms with Crippen LogP contribution in [0.3, 0.4) is 0 Å². The van der Waals surface area contributed by atoms with Gasteiger partial charge in [-0.1, -0.05) is 0 Å². The summed E-state index contributed by atoms with van der Waals surface area (Å²) in [6.07, 6.45) is 6.28. The molecule has 2 rings (SSSR count). The van der Waals surface area contributed by atoms with Gasteiger partial charge >= 0.3 is 0 Å². The highest BCUT2D eigenvalue weighted by Crippen LogP contribution is 2.44. The Kier molecular flexibility index (Phi) is 2.13. The standard InChI is InChI=1S/C10H19NO/c1-8(11)9-3-6-12-10(7-9)4-2-5-10/h8-9H,2-7,11H2,1H3. The smallest absolute Gasteiger partial charge is 0.0685 e. The molecule has 1 spiro atoms. The minimum absolute atomic E-state index is 0.274. The summed E-state index contributed by atoms with van der Waals surface area (Å²) in [5.41, 5.74) is 6.19. The first-order valence-electron chi connectivity index (χ1n) is 5.11. The van der Waals surface area contributed by atoms with Crippen LogP contribution < -0.4 is 5.73 Å². The minimum atomic E-state index is 0.274. The number of ether oxygens (including phenoxy) is 1. The second kappa shape index (κ2) is 3.00. The molecule has 2 fully saturated rings. The second-order valence-electron chi connectivity index (χ2n) is 4.50. The van der Waals surface area contributed by atoms with Gasteiger partial charge in [-0.15, -0.1) is 0 Å². The highest BCUT2D eigenvalue weighted by Gasteiger charge is 2.43. The molecule has 1 aliphatic carbocycles. The maximum Gasteiger partial charge on any atom is 0.0685 e. The topological polar surface area (TPSA) is 35.2 Å². The van der Waals surface area contributed by atoms with E-state index in [4.69, 9.17) is 10.5 Å². The molecule has 2 unspecified atom stereocenters. The van der Waals surface area contributed by atoms with Crippen molar-refractivity contribution in [3.8, 4) is 0 Å². The largest absolute Gasteiger partial charge is 0.375 e. The molecule has 2 N–H and O–H groups in total. The van der Waals surface area contributed by atoms with Gasteiger partial charge in [-0.2, -0.15) is 0 Å². The molecule has 0 aromatic carbocycles. The van der Waals surface area contributed by atoms with Crippen molar-refractivity contribution in [2.75, 3.05) is 6.61 Å². The monoisotopic (exact) mass is 169 g/mol. The summed E-state index contributed by atoms with van der Waals surface area (Å²) in [6.45, 7) is 3.06. The van der Waals surface area contributed by atoms with E-state index in [9.17, 15) is 0 Å². The lowest BCUT2D eigenvalue weighted by atomic mass is 9.71. The van der Waals surface area contributed by atoms with Crippen molar-refractivity contribution in [1.82, 2.24) is 0 Å². The van der Waals surface area contributed by atoms with E-state index in [1.165, 1.54) is 32.1 Å². The Morgan fingerprint density at radius 3 is 2.75 bits per heavy atom. The van der Waals surface area contributed by atoms with Crippen molar-refractivity contribution in [3.63, 3.8) is 0 Å². The van der Waals surface area contributed by atoms with Gasteiger partial charge in [-0.25, -0.2) is 0 Å². The Hall–Kier alpha value is -0.0800. The molecule has 2 aliphatic rings. The number of nitrogens with two attached hydrogens (primary N) is 1. The van der Waals surface area contributed by atoms with Gasteiger partial charge in [0.05, 0.1) is 5.60 Å². The summed E-state index contributed by atoms with van der Waals surface area (Å²) in [6, 6.07) is 0.353. The van der Waals surface area contributed by atoms with Crippen molar-refractivity contribution in [1.29, 1.82) is 0 Å². The molecule has 2 nitrogen and oxygen atoms in total. The van der Waals surface area contributed by atoms with E-state index in [0.29, 0.717) is 12.0 Å². The maximum absolute atomic E-state index is 5.91. The molecule has 1 saturated heterocycles. The van der Waals surface area contributed by atoms with Crippen LogP contribution in [-0.4, -0.2) is 18.2 Å². The van der Waals surface area contributed by atoms with Gasteiger partial charge in [-0.05, 0) is 44.9 Å². The quantitative estimate of drug-likeness (QED) is 0.648. The van der Waals surface area contributed by atoms with Gasteiger partial charge in [0.15, 0.2) is 0 Å². The molecular formula is C10H19NO. The summed E-state index contributed by atoms with van der Waals surface area (Å²) in [7, 11) is 0. The molecule has 0 aromatic heterocycles. The van der Waals surface area contributed by atoms with Crippen molar-refractivity contribution in [3.05, 3.63) is 0 Å². The van der Waals surface area contributed by atoms with Gasteiger partial charge in [0, 0.05) is 12.6 Å². The van der Waals surface area contributed by atoms with Crippen LogP contribution in [0.25, 0.3) is 0 Å². The molecule has 1 saturated carbocycles. The molecule has 2 atom stereocenters. The lowest BCUT2D eigenvalue weighted by molar-refractivity contribution is -0.145. The predicted molar refractivity (Wildman–Crippen MR) is 48.9 cm³/mol. The van der Waals surface area contributed by atoms with E-state index < -0.39 is 0 Å². The zero-order chi connectivity index (χ0) is 8.60. The van der Waals surface area contributed by atoms with Crippen molar-refractivity contribution in [2.24, 2.45) is 11.7 Å². The fraction of sp³-hybridized carbons (Fsp3) is 1.00. The van der Waals surface area contributed by atoms with Crippen molar-refractivity contribution < 1.29 is 4.74 Å². The molecular weight excluding hydrogens is 150 g/mol. The van der Waals surface area contributed by atoms with Crippen LogP contribution >= 0.6 is 0 Å². The van der Waals surface area contributed by atoms with Crippen LogP contribution in [-0.2, 0) is 4.74 Å².